The van der Waals surface area contributed by atoms with Gasteiger partial charge in [-0.15, -0.1) is 0 Å². The van der Waals surface area contributed by atoms with Gasteiger partial charge in [-0.1, -0.05) is 30.3 Å². The molecule has 2 aromatic carbocycles. The Morgan fingerprint density at radius 3 is 2.26 bits per heavy atom. The third-order valence-electron chi connectivity index (χ3n) is 3.30. The second-order valence-electron chi connectivity index (χ2n) is 5.13. The number of aliphatic hydroxyl groups is 1. The molecule has 0 heterocycles. The van der Waals surface area contributed by atoms with E-state index in [0.29, 0.717) is 12.3 Å². The van der Waals surface area contributed by atoms with Gasteiger partial charge >= 0.3 is 0 Å². The van der Waals surface area contributed by atoms with E-state index in [9.17, 15) is 9.90 Å². The summed E-state index contributed by atoms with van der Waals surface area (Å²) in [5.74, 6) is 0.788. The average molecular weight is 316 g/mol. The molecule has 0 aliphatic carbocycles. The van der Waals surface area contributed by atoms with Gasteiger partial charge in [0.1, 0.15) is 17.5 Å². The van der Waals surface area contributed by atoms with E-state index >= 15 is 0 Å². The number of para-hydroxylation sites is 1. The van der Waals surface area contributed by atoms with E-state index in [2.05, 4.69) is 5.32 Å². The maximum atomic E-state index is 11.4. The third kappa shape index (κ3) is 5.07. The van der Waals surface area contributed by atoms with Crippen LogP contribution in [0.2, 0.25) is 0 Å². The van der Waals surface area contributed by atoms with Crippen molar-refractivity contribution in [2.24, 2.45) is 0 Å². The highest BCUT2D eigenvalue weighted by Gasteiger charge is 2.22. The standard InChI is InChI=1S/C17H20N2O4/c1-12(20)16(17(21)19-22)18-11-13-7-9-15(10-8-13)23-14-5-3-2-4-6-14/h2-10,12,16,18,20,22H,11H2,1H3,(H,19,21). The monoisotopic (exact) mass is 316 g/mol. The van der Waals surface area contributed by atoms with Gasteiger partial charge in [0, 0.05) is 6.54 Å². The van der Waals surface area contributed by atoms with Gasteiger partial charge in [-0.3, -0.25) is 15.3 Å². The molecule has 0 saturated heterocycles. The van der Waals surface area contributed by atoms with Crippen molar-refractivity contribution in [2.75, 3.05) is 0 Å². The first-order valence-electron chi connectivity index (χ1n) is 7.27. The minimum absolute atomic E-state index is 0.370. The number of ether oxygens (including phenoxy) is 1. The van der Waals surface area contributed by atoms with Gasteiger partial charge in [-0.25, -0.2) is 5.48 Å². The molecule has 0 aliphatic heterocycles. The lowest BCUT2D eigenvalue weighted by molar-refractivity contribution is -0.134. The number of amides is 1. The SMILES string of the molecule is CC(O)C(NCc1ccc(Oc2ccccc2)cc1)C(=O)NO. The fraction of sp³-hybridized carbons (Fsp3) is 0.235. The quantitative estimate of drug-likeness (QED) is 0.462. The van der Waals surface area contributed by atoms with Crippen LogP contribution in [0.5, 0.6) is 11.5 Å². The van der Waals surface area contributed by atoms with Crippen molar-refractivity contribution in [3.05, 3.63) is 60.2 Å². The molecular weight excluding hydrogens is 296 g/mol. The minimum atomic E-state index is -0.928. The summed E-state index contributed by atoms with van der Waals surface area (Å²) in [7, 11) is 0. The number of carbonyl (C=O) groups excluding carboxylic acids is 1. The van der Waals surface area contributed by atoms with Gasteiger partial charge < -0.3 is 9.84 Å². The summed E-state index contributed by atoms with van der Waals surface area (Å²) in [6, 6.07) is 15.9. The number of carbonyl (C=O) groups is 1. The van der Waals surface area contributed by atoms with Crippen molar-refractivity contribution in [3.8, 4) is 11.5 Å². The summed E-state index contributed by atoms with van der Waals surface area (Å²) >= 11 is 0. The highest BCUT2D eigenvalue weighted by Crippen LogP contribution is 2.21. The number of nitrogens with one attached hydrogen (secondary N) is 2. The van der Waals surface area contributed by atoms with Crippen LogP contribution in [0.25, 0.3) is 0 Å². The van der Waals surface area contributed by atoms with Crippen molar-refractivity contribution in [2.45, 2.75) is 25.6 Å². The second-order valence-corrected chi connectivity index (χ2v) is 5.13. The molecule has 0 aromatic heterocycles. The second kappa shape index (κ2) is 8.28. The molecule has 0 fully saturated rings. The van der Waals surface area contributed by atoms with Crippen LogP contribution in [0.3, 0.4) is 0 Å². The number of rotatable bonds is 7. The lowest BCUT2D eigenvalue weighted by Gasteiger charge is -2.19. The summed E-state index contributed by atoms with van der Waals surface area (Å²) in [5.41, 5.74) is 2.46. The van der Waals surface area contributed by atoms with Gasteiger partial charge in [0.15, 0.2) is 0 Å². The van der Waals surface area contributed by atoms with Crippen molar-refractivity contribution in [1.29, 1.82) is 0 Å². The van der Waals surface area contributed by atoms with Crippen LogP contribution in [0.15, 0.2) is 54.6 Å². The predicted molar refractivity (Wildman–Crippen MR) is 85.2 cm³/mol. The lowest BCUT2D eigenvalue weighted by Crippen LogP contribution is -2.49. The zero-order chi connectivity index (χ0) is 16.7. The van der Waals surface area contributed by atoms with E-state index in [4.69, 9.17) is 9.94 Å². The molecule has 2 unspecified atom stereocenters. The van der Waals surface area contributed by atoms with Gasteiger partial charge in [0.05, 0.1) is 6.10 Å². The first-order chi connectivity index (χ1) is 11.1. The van der Waals surface area contributed by atoms with Crippen LogP contribution in [0.4, 0.5) is 0 Å². The van der Waals surface area contributed by atoms with Crippen LogP contribution in [-0.2, 0) is 11.3 Å². The Morgan fingerprint density at radius 1 is 1.09 bits per heavy atom. The largest absolute Gasteiger partial charge is 0.457 e. The summed E-state index contributed by atoms with van der Waals surface area (Å²) in [4.78, 5) is 11.4. The number of hydrogen-bond donors (Lipinski definition) is 4. The predicted octanol–water partition coefficient (Wildman–Crippen LogP) is 1.82. The van der Waals surface area contributed by atoms with Crippen molar-refractivity contribution < 1.29 is 19.8 Å². The molecule has 23 heavy (non-hydrogen) atoms. The van der Waals surface area contributed by atoms with Crippen LogP contribution in [0, 0.1) is 0 Å². The fourth-order valence-electron chi connectivity index (χ4n) is 2.08. The molecule has 0 saturated carbocycles. The maximum absolute atomic E-state index is 11.4. The normalized spacial score (nSPS) is 13.2. The molecule has 0 aliphatic rings. The van der Waals surface area contributed by atoms with Crippen molar-refractivity contribution in [3.63, 3.8) is 0 Å². The molecular formula is C17H20N2O4. The number of hydroxylamine groups is 1. The highest BCUT2D eigenvalue weighted by molar-refractivity contribution is 5.81. The fourth-order valence-corrected chi connectivity index (χ4v) is 2.08. The van der Waals surface area contributed by atoms with Crippen LogP contribution >= 0.6 is 0 Å². The molecule has 1 amide bonds. The van der Waals surface area contributed by atoms with E-state index < -0.39 is 18.1 Å². The van der Waals surface area contributed by atoms with Gasteiger partial charge in [0.25, 0.3) is 5.91 Å². The average Bonchev–Trinajstić information content (AvgIpc) is 2.57. The molecule has 2 atom stereocenters. The van der Waals surface area contributed by atoms with Gasteiger partial charge in [-0.05, 0) is 36.8 Å². The van der Waals surface area contributed by atoms with E-state index in [-0.39, 0.29) is 0 Å². The van der Waals surface area contributed by atoms with Crippen molar-refractivity contribution >= 4 is 5.91 Å². The molecule has 6 nitrogen and oxygen atoms in total. The Hall–Kier alpha value is -2.41. The van der Waals surface area contributed by atoms with Gasteiger partial charge in [-0.2, -0.15) is 0 Å². The zero-order valence-electron chi connectivity index (χ0n) is 12.8. The number of aliphatic hydroxyl groups excluding tert-OH is 1. The Labute approximate surface area is 134 Å². The van der Waals surface area contributed by atoms with Gasteiger partial charge in [0.2, 0.25) is 0 Å². The third-order valence-corrected chi connectivity index (χ3v) is 3.30. The minimum Gasteiger partial charge on any atom is -0.457 e. The first-order valence-corrected chi connectivity index (χ1v) is 7.27. The van der Waals surface area contributed by atoms with Crippen molar-refractivity contribution in [1.82, 2.24) is 10.8 Å². The molecule has 2 rings (SSSR count). The summed E-state index contributed by atoms with van der Waals surface area (Å²) in [6.07, 6.45) is -0.928. The van der Waals surface area contributed by atoms with Crippen LogP contribution < -0.4 is 15.5 Å². The number of hydrogen-bond acceptors (Lipinski definition) is 5. The van der Waals surface area contributed by atoms with E-state index in [1.54, 1.807) is 0 Å². The Kier molecular flexibility index (Phi) is 6.10. The number of benzene rings is 2. The Balaban J connectivity index is 1.93. The Morgan fingerprint density at radius 2 is 1.70 bits per heavy atom. The van der Waals surface area contributed by atoms with Crippen LogP contribution in [-0.4, -0.2) is 28.4 Å². The molecule has 0 radical (unpaired) electrons. The summed E-state index contributed by atoms with van der Waals surface area (Å²) in [6.45, 7) is 1.85. The first kappa shape index (κ1) is 17.0. The Bertz CT molecular complexity index is 614. The lowest BCUT2D eigenvalue weighted by atomic mass is 10.1. The molecule has 0 spiro atoms. The molecule has 4 N–H and O–H groups in total. The molecule has 122 valence electrons. The topological polar surface area (TPSA) is 90.8 Å². The van der Waals surface area contributed by atoms with E-state index in [1.165, 1.54) is 12.4 Å². The maximum Gasteiger partial charge on any atom is 0.263 e. The summed E-state index contributed by atoms with van der Waals surface area (Å²) in [5, 5.41) is 21.1. The van der Waals surface area contributed by atoms with E-state index in [0.717, 1.165) is 11.3 Å². The molecule has 0 bridgehead atoms. The molecule has 2 aromatic rings. The van der Waals surface area contributed by atoms with E-state index in [1.807, 2.05) is 54.6 Å². The highest BCUT2D eigenvalue weighted by atomic mass is 16.5. The zero-order valence-corrected chi connectivity index (χ0v) is 12.8. The summed E-state index contributed by atoms with van der Waals surface area (Å²) < 4.78 is 5.70. The molecule has 6 heteroatoms. The van der Waals surface area contributed by atoms with Crippen LogP contribution in [0.1, 0.15) is 12.5 Å². The smallest absolute Gasteiger partial charge is 0.263 e.